The van der Waals surface area contributed by atoms with Crippen LogP contribution < -0.4 is 0 Å². The average molecular weight is 636 g/mol. The van der Waals surface area contributed by atoms with E-state index in [1.54, 1.807) is 0 Å². The van der Waals surface area contributed by atoms with Crippen molar-refractivity contribution in [3.63, 3.8) is 0 Å². The molecule has 0 aliphatic heterocycles. The predicted molar refractivity (Wildman–Crippen MR) is 198 cm³/mol. The van der Waals surface area contributed by atoms with E-state index in [9.17, 15) is 0 Å². The van der Waals surface area contributed by atoms with Crippen LogP contribution in [0.5, 0.6) is 0 Å². The Kier molecular flexibility index (Phi) is 6.57. The highest BCUT2D eigenvalue weighted by atomic mass is 16.3. The number of fused-ring (bicyclic) bond motifs is 7. The molecule has 3 aliphatic rings. The maximum absolute atomic E-state index is 6.76. The molecular weight excluding hydrogens is 603 g/mol. The molecule has 0 amide bonds. The van der Waals surface area contributed by atoms with Gasteiger partial charge < -0.3 is 8.83 Å². The van der Waals surface area contributed by atoms with Crippen LogP contribution in [0.1, 0.15) is 71.4 Å². The van der Waals surface area contributed by atoms with Gasteiger partial charge in [0.05, 0.1) is 0 Å². The monoisotopic (exact) mass is 635 g/mol. The molecule has 4 aromatic carbocycles. The number of rotatable bonds is 4. The molecule has 0 radical (unpaired) electrons. The largest absolute Gasteiger partial charge is 0.456 e. The third-order valence-electron chi connectivity index (χ3n) is 10.3. The van der Waals surface area contributed by atoms with E-state index < -0.39 is 0 Å². The van der Waals surface area contributed by atoms with E-state index in [0.717, 1.165) is 93.3 Å². The third kappa shape index (κ3) is 4.72. The summed E-state index contributed by atoms with van der Waals surface area (Å²) in [7, 11) is 0. The van der Waals surface area contributed by atoms with Crippen molar-refractivity contribution in [1.29, 1.82) is 0 Å². The number of nitrogens with zero attached hydrogens (tertiary/aromatic N) is 3. The summed E-state index contributed by atoms with van der Waals surface area (Å²) < 4.78 is 13.0. The van der Waals surface area contributed by atoms with Crippen molar-refractivity contribution in [1.82, 2.24) is 15.0 Å². The zero-order chi connectivity index (χ0) is 32.3. The molecule has 0 spiro atoms. The number of allylic oxidation sites excluding steroid dienone is 5. The molecule has 0 saturated heterocycles. The molecule has 0 saturated carbocycles. The predicted octanol–water partition coefficient (Wildman–Crippen LogP) is 11.5. The lowest BCUT2D eigenvalue weighted by molar-refractivity contribution is 0.572. The Morgan fingerprint density at radius 2 is 1.49 bits per heavy atom. The molecule has 236 valence electrons. The van der Waals surface area contributed by atoms with Crippen molar-refractivity contribution in [2.24, 2.45) is 0 Å². The van der Waals surface area contributed by atoms with Gasteiger partial charge in [0.1, 0.15) is 28.3 Å². The summed E-state index contributed by atoms with van der Waals surface area (Å²) in [6.07, 6.45) is 22.6. The van der Waals surface area contributed by atoms with E-state index in [1.807, 2.05) is 24.3 Å². The molecule has 49 heavy (non-hydrogen) atoms. The Morgan fingerprint density at radius 3 is 2.41 bits per heavy atom. The second-order valence-corrected chi connectivity index (χ2v) is 13.3. The summed E-state index contributed by atoms with van der Waals surface area (Å²) in [5, 5.41) is 3.14. The van der Waals surface area contributed by atoms with Crippen molar-refractivity contribution >= 4 is 51.1 Å². The number of hydrogen-bond donors (Lipinski definition) is 0. The first-order valence-corrected chi connectivity index (χ1v) is 17.3. The number of para-hydroxylation sites is 1. The first kappa shape index (κ1) is 28.2. The normalized spacial score (nSPS) is 18.3. The van der Waals surface area contributed by atoms with Crippen LogP contribution in [0.3, 0.4) is 0 Å². The molecule has 2 unspecified atom stereocenters. The van der Waals surface area contributed by atoms with Gasteiger partial charge in [0.25, 0.3) is 0 Å². The van der Waals surface area contributed by atoms with Gasteiger partial charge in [-0.2, -0.15) is 0 Å². The summed E-state index contributed by atoms with van der Waals surface area (Å²) in [5.41, 5.74) is 9.40. The third-order valence-corrected chi connectivity index (χ3v) is 10.3. The van der Waals surface area contributed by atoms with Gasteiger partial charge in [0, 0.05) is 38.8 Å². The SMILES string of the molecule is C1=Cc2oc3c(C4CC=CCC4)ccc(-c4nc(-c5cccc6oc7ccccc7c56)nc(C5C=Cc6ccccc6C5)n4)c3c2C=CC1. The Balaban J connectivity index is 1.23. The molecular formula is C44H33N3O2. The Labute approximate surface area is 284 Å². The van der Waals surface area contributed by atoms with Gasteiger partial charge in [-0.3, -0.25) is 0 Å². The van der Waals surface area contributed by atoms with Crippen LogP contribution in [-0.4, -0.2) is 15.0 Å². The zero-order valence-corrected chi connectivity index (χ0v) is 27.0. The van der Waals surface area contributed by atoms with E-state index >= 15 is 0 Å². The highest BCUT2D eigenvalue weighted by Crippen LogP contribution is 2.44. The number of aromatic nitrogens is 3. The molecule has 3 heterocycles. The maximum Gasteiger partial charge on any atom is 0.164 e. The van der Waals surface area contributed by atoms with Gasteiger partial charge in [0.15, 0.2) is 11.6 Å². The minimum absolute atomic E-state index is 0.00350. The van der Waals surface area contributed by atoms with Crippen molar-refractivity contribution in [3.05, 3.63) is 143 Å². The minimum atomic E-state index is 0.00350. The zero-order valence-electron chi connectivity index (χ0n) is 27.0. The van der Waals surface area contributed by atoms with E-state index in [0.29, 0.717) is 17.6 Å². The number of hydrogen-bond acceptors (Lipinski definition) is 5. The standard InChI is InChI=1S/C44H33N3O2/c1-3-13-28(14-4-1)31-24-25-35(40-33-16-5-2-6-19-37(33)49-41(31)40)44-46-42(30-23-22-27-12-7-8-15-29(27)26-30)45-43(47-44)34-18-11-21-38-39(34)32-17-9-10-20-36(32)48-38/h1,3,5-12,15-25,28,30H,2,4,13-14,26H2. The second-order valence-electron chi connectivity index (χ2n) is 13.3. The Hall–Kier alpha value is -5.81. The molecule has 3 aliphatic carbocycles. The summed E-state index contributed by atoms with van der Waals surface area (Å²) in [6.45, 7) is 0. The van der Waals surface area contributed by atoms with Crippen LogP contribution in [0.25, 0.3) is 73.9 Å². The van der Waals surface area contributed by atoms with E-state index in [-0.39, 0.29) is 5.92 Å². The van der Waals surface area contributed by atoms with Crippen LogP contribution in [0.15, 0.2) is 118 Å². The van der Waals surface area contributed by atoms with Gasteiger partial charge in [0.2, 0.25) is 0 Å². The van der Waals surface area contributed by atoms with Gasteiger partial charge in [-0.1, -0.05) is 103 Å². The van der Waals surface area contributed by atoms with Gasteiger partial charge in [-0.15, -0.1) is 0 Å². The summed E-state index contributed by atoms with van der Waals surface area (Å²) in [6, 6.07) is 27.4. The molecule has 5 nitrogen and oxygen atoms in total. The summed E-state index contributed by atoms with van der Waals surface area (Å²) in [5.74, 6) is 3.36. The number of benzene rings is 4. The highest BCUT2D eigenvalue weighted by Gasteiger charge is 2.27. The molecule has 0 fully saturated rings. The highest BCUT2D eigenvalue weighted by molar-refractivity contribution is 6.12. The average Bonchev–Trinajstić information content (AvgIpc) is 3.64. The smallest absolute Gasteiger partial charge is 0.164 e. The van der Waals surface area contributed by atoms with Gasteiger partial charge in [-0.05, 0) is 79.0 Å². The van der Waals surface area contributed by atoms with E-state index in [2.05, 4.69) is 103 Å². The Morgan fingerprint density at radius 1 is 0.653 bits per heavy atom. The van der Waals surface area contributed by atoms with Crippen LogP contribution >= 0.6 is 0 Å². The fraction of sp³-hybridized carbons (Fsp3) is 0.159. The second kappa shape index (κ2) is 11.4. The maximum atomic E-state index is 6.76. The van der Waals surface area contributed by atoms with E-state index in [4.69, 9.17) is 23.8 Å². The van der Waals surface area contributed by atoms with Crippen molar-refractivity contribution in [2.45, 2.75) is 43.9 Å². The van der Waals surface area contributed by atoms with E-state index in [1.165, 1.54) is 16.7 Å². The molecule has 0 bridgehead atoms. The lowest BCUT2D eigenvalue weighted by atomic mass is 9.85. The first-order chi connectivity index (χ1) is 24.3. The Bertz CT molecular complexity index is 2560. The lowest BCUT2D eigenvalue weighted by Crippen LogP contribution is -2.12. The lowest BCUT2D eigenvalue weighted by Gasteiger charge is -2.20. The van der Waals surface area contributed by atoms with Crippen molar-refractivity contribution in [3.8, 4) is 22.8 Å². The molecule has 2 atom stereocenters. The molecule has 0 N–H and O–H groups in total. The van der Waals surface area contributed by atoms with Crippen LogP contribution in [0, 0.1) is 0 Å². The minimum Gasteiger partial charge on any atom is -0.456 e. The van der Waals surface area contributed by atoms with Crippen molar-refractivity contribution < 1.29 is 8.83 Å². The summed E-state index contributed by atoms with van der Waals surface area (Å²) >= 11 is 0. The molecule has 3 aromatic heterocycles. The van der Waals surface area contributed by atoms with Crippen LogP contribution in [0.2, 0.25) is 0 Å². The van der Waals surface area contributed by atoms with Crippen molar-refractivity contribution in [2.75, 3.05) is 0 Å². The fourth-order valence-electron chi connectivity index (χ4n) is 7.92. The molecule has 10 rings (SSSR count). The van der Waals surface area contributed by atoms with Gasteiger partial charge >= 0.3 is 0 Å². The fourth-order valence-corrected chi connectivity index (χ4v) is 7.92. The molecule has 7 aromatic rings. The van der Waals surface area contributed by atoms with Crippen LogP contribution in [-0.2, 0) is 6.42 Å². The number of furan rings is 2. The first-order valence-electron chi connectivity index (χ1n) is 17.3. The summed E-state index contributed by atoms with van der Waals surface area (Å²) in [4.78, 5) is 15.9. The topological polar surface area (TPSA) is 65.0 Å². The van der Waals surface area contributed by atoms with Gasteiger partial charge in [-0.25, -0.2) is 15.0 Å². The quantitative estimate of drug-likeness (QED) is 0.180. The molecule has 5 heteroatoms. The van der Waals surface area contributed by atoms with Crippen LogP contribution in [0.4, 0.5) is 0 Å².